The number of benzene rings is 1. The van der Waals surface area contributed by atoms with Crippen molar-refractivity contribution in [1.29, 1.82) is 0 Å². The first-order valence-electron chi connectivity index (χ1n) is 16.6. The average molecular weight is 667 g/mol. The molecule has 0 bridgehead atoms. The van der Waals surface area contributed by atoms with Crippen molar-refractivity contribution in [3.05, 3.63) is 47.5 Å². The molecule has 260 valence electrons. The van der Waals surface area contributed by atoms with Gasteiger partial charge in [0, 0.05) is 32.5 Å². The van der Waals surface area contributed by atoms with Gasteiger partial charge in [-0.1, -0.05) is 49.3 Å². The SMILES string of the molecule is CNC(=O)NC(=O)[C@@]12C[C@H]1/C=C\CCCCC[C@H](NC(=O)OC(C)(C)C)C(=O)N1C[C@H](OC(=O)N3Cc4ccccc4C3)C[C@H]1C(=O)N2. The summed E-state index contributed by atoms with van der Waals surface area (Å²) in [6.07, 6.45) is 5.19. The number of amides is 7. The highest BCUT2D eigenvalue weighted by molar-refractivity contribution is 6.04. The number of fused-ring (bicyclic) bond motifs is 3. The van der Waals surface area contributed by atoms with Crippen LogP contribution in [0, 0.1) is 5.92 Å². The fourth-order valence-electron chi connectivity index (χ4n) is 6.57. The first-order valence-corrected chi connectivity index (χ1v) is 16.6. The molecule has 48 heavy (non-hydrogen) atoms. The van der Waals surface area contributed by atoms with Crippen LogP contribution in [-0.2, 0) is 36.9 Å². The number of nitrogens with zero attached hydrogens (tertiary/aromatic N) is 2. The molecule has 5 atom stereocenters. The highest BCUT2D eigenvalue weighted by Gasteiger charge is 2.61. The van der Waals surface area contributed by atoms with Crippen molar-refractivity contribution in [3.8, 4) is 0 Å². The topological polar surface area (TPSA) is 175 Å². The van der Waals surface area contributed by atoms with Crippen LogP contribution in [0.15, 0.2) is 36.4 Å². The lowest BCUT2D eigenvalue weighted by Gasteiger charge is -2.30. The first kappa shape index (κ1) is 34.7. The number of allylic oxidation sites excluding steroid dienone is 1. The van der Waals surface area contributed by atoms with E-state index in [-0.39, 0.29) is 25.3 Å². The normalized spacial score (nSPS) is 27.9. The molecule has 4 aliphatic rings. The van der Waals surface area contributed by atoms with E-state index in [1.54, 1.807) is 25.7 Å². The van der Waals surface area contributed by atoms with E-state index in [0.717, 1.165) is 30.4 Å². The number of imide groups is 1. The average Bonchev–Trinajstić information content (AvgIpc) is 3.33. The van der Waals surface area contributed by atoms with Crippen LogP contribution < -0.4 is 21.3 Å². The van der Waals surface area contributed by atoms with Gasteiger partial charge < -0.3 is 30.3 Å². The van der Waals surface area contributed by atoms with Crippen LogP contribution in [0.3, 0.4) is 0 Å². The van der Waals surface area contributed by atoms with E-state index in [0.29, 0.717) is 25.9 Å². The maximum atomic E-state index is 14.2. The zero-order chi connectivity index (χ0) is 34.6. The zero-order valence-electron chi connectivity index (χ0n) is 28.0. The number of carbonyl (C=O) groups is 6. The Morgan fingerprint density at radius 1 is 1.02 bits per heavy atom. The summed E-state index contributed by atoms with van der Waals surface area (Å²) >= 11 is 0. The highest BCUT2D eigenvalue weighted by atomic mass is 16.6. The lowest BCUT2D eigenvalue weighted by molar-refractivity contribution is -0.141. The van der Waals surface area contributed by atoms with Crippen molar-refractivity contribution >= 4 is 35.9 Å². The van der Waals surface area contributed by atoms with E-state index in [1.165, 1.54) is 11.9 Å². The largest absolute Gasteiger partial charge is 0.444 e. The van der Waals surface area contributed by atoms with Gasteiger partial charge in [-0.3, -0.25) is 24.6 Å². The van der Waals surface area contributed by atoms with Crippen LogP contribution >= 0.6 is 0 Å². The monoisotopic (exact) mass is 666 g/mol. The van der Waals surface area contributed by atoms with E-state index >= 15 is 0 Å². The second kappa shape index (κ2) is 14.2. The summed E-state index contributed by atoms with van der Waals surface area (Å²) in [6.45, 7) is 5.84. The molecule has 1 saturated carbocycles. The summed E-state index contributed by atoms with van der Waals surface area (Å²) in [5, 5.41) is 10.2. The van der Waals surface area contributed by atoms with E-state index in [4.69, 9.17) is 9.47 Å². The van der Waals surface area contributed by atoms with Gasteiger partial charge in [-0.05, 0) is 57.6 Å². The maximum Gasteiger partial charge on any atom is 0.410 e. The van der Waals surface area contributed by atoms with Crippen molar-refractivity contribution in [3.63, 3.8) is 0 Å². The van der Waals surface area contributed by atoms with Crippen LogP contribution in [0.1, 0.15) is 76.8 Å². The molecule has 7 amide bonds. The molecule has 0 radical (unpaired) electrons. The summed E-state index contributed by atoms with van der Waals surface area (Å²) in [6, 6.07) is 4.89. The van der Waals surface area contributed by atoms with Gasteiger partial charge in [0.15, 0.2) is 0 Å². The number of urea groups is 1. The molecule has 1 aliphatic carbocycles. The predicted octanol–water partition coefficient (Wildman–Crippen LogP) is 2.85. The Morgan fingerprint density at radius 2 is 1.73 bits per heavy atom. The van der Waals surface area contributed by atoms with Crippen LogP contribution in [0.2, 0.25) is 0 Å². The number of hydrogen-bond acceptors (Lipinski definition) is 8. The van der Waals surface area contributed by atoms with Gasteiger partial charge in [0.05, 0.1) is 6.54 Å². The summed E-state index contributed by atoms with van der Waals surface area (Å²) in [5.74, 6) is -2.15. The fraction of sp³-hybridized carbons (Fsp3) is 0.588. The van der Waals surface area contributed by atoms with Crippen molar-refractivity contribution in [1.82, 2.24) is 31.1 Å². The molecule has 5 rings (SSSR count). The molecule has 0 spiro atoms. The molecule has 0 unspecified atom stereocenters. The van der Waals surface area contributed by atoms with Gasteiger partial charge >= 0.3 is 18.2 Å². The van der Waals surface area contributed by atoms with Crippen molar-refractivity contribution in [2.75, 3.05) is 13.6 Å². The molecule has 14 heteroatoms. The Bertz CT molecular complexity index is 1450. The minimum absolute atomic E-state index is 0.0170. The Labute approximate surface area is 280 Å². The molecule has 0 aromatic heterocycles. The molecular formula is C34H46N6O8. The quantitative estimate of drug-likeness (QED) is 0.356. The zero-order valence-corrected chi connectivity index (χ0v) is 28.0. The molecule has 1 aromatic rings. The molecule has 3 heterocycles. The summed E-state index contributed by atoms with van der Waals surface area (Å²) < 4.78 is 11.3. The molecule has 1 saturated heterocycles. The summed E-state index contributed by atoms with van der Waals surface area (Å²) in [4.78, 5) is 82.7. The van der Waals surface area contributed by atoms with E-state index in [9.17, 15) is 28.8 Å². The summed E-state index contributed by atoms with van der Waals surface area (Å²) in [5.41, 5.74) is -0.145. The Balaban J connectivity index is 1.39. The van der Waals surface area contributed by atoms with Gasteiger partial charge in [0.25, 0.3) is 5.91 Å². The van der Waals surface area contributed by atoms with Crippen LogP contribution in [0.25, 0.3) is 0 Å². The van der Waals surface area contributed by atoms with Gasteiger partial charge in [-0.15, -0.1) is 0 Å². The van der Waals surface area contributed by atoms with Gasteiger partial charge in [-0.2, -0.15) is 0 Å². The maximum absolute atomic E-state index is 14.2. The number of hydrogen-bond donors (Lipinski definition) is 4. The van der Waals surface area contributed by atoms with Crippen LogP contribution in [-0.4, -0.2) is 88.7 Å². The third-order valence-electron chi connectivity index (χ3n) is 9.16. The number of ether oxygens (including phenoxy) is 2. The Hall–Kier alpha value is -4.62. The molecule has 4 N–H and O–H groups in total. The molecule has 2 fully saturated rings. The first-order chi connectivity index (χ1) is 22.8. The van der Waals surface area contributed by atoms with Crippen LogP contribution in [0.4, 0.5) is 14.4 Å². The molecule has 3 aliphatic heterocycles. The van der Waals surface area contributed by atoms with Crippen LogP contribution in [0.5, 0.6) is 0 Å². The number of alkyl carbamates (subject to hydrolysis) is 1. The van der Waals surface area contributed by atoms with E-state index < -0.39 is 65.3 Å². The molecule has 1 aromatic carbocycles. The van der Waals surface area contributed by atoms with E-state index in [1.807, 2.05) is 36.4 Å². The fourth-order valence-corrected chi connectivity index (χ4v) is 6.57. The standard InChI is InChI=1S/C34H46N6O8/c1-33(2,3)48-31(45)36-25-15-9-7-5-6-8-14-23-17-34(23,29(43)37-30(44)35-4)38-27(41)26-16-24(20-40(26)28(25)42)47-32(46)39-18-21-12-10-11-13-22(21)19-39/h8,10-14,23-26H,5-7,9,15-20H2,1-4H3,(H,36,45)(H,38,41)(H2,35,37,43,44)/b14-8-/t23-,24-,25+,26+,34-/m1/s1. The predicted molar refractivity (Wildman–Crippen MR) is 173 cm³/mol. The second-order valence-corrected chi connectivity index (χ2v) is 13.9. The smallest absolute Gasteiger partial charge is 0.410 e. The molecule has 14 nitrogen and oxygen atoms in total. The van der Waals surface area contributed by atoms with Gasteiger partial charge in [0.2, 0.25) is 11.8 Å². The third kappa shape index (κ3) is 8.08. The van der Waals surface area contributed by atoms with Crippen molar-refractivity contribution in [2.45, 2.75) is 108 Å². The number of carbonyl (C=O) groups excluding carboxylic acids is 6. The third-order valence-corrected chi connectivity index (χ3v) is 9.16. The second-order valence-electron chi connectivity index (χ2n) is 13.9. The Kier molecular flexibility index (Phi) is 10.3. The van der Waals surface area contributed by atoms with E-state index in [2.05, 4.69) is 21.3 Å². The lowest BCUT2D eigenvalue weighted by atomic mass is 10.0. The van der Waals surface area contributed by atoms with Gasteiger partial charge in [0.1, 0.15) is 29.3 Å². The highest BCUT2D eigenvalue weighted by Crippen LogP contribution is 2.45. The minimum atomic E-state index is -1.39. The van der Waals surface area contributed by atoms with Crippen molar-refractivity contribution < 1.29 is 38.2 Å². The number of nitrogens with one attached hydrogen (secondary N) is 4. The van der Waals surface area contributed by atoms with Crippen molar-refractivity contribution in [2.24, 2.45) is 5.92 Å². The Morgan fingerprint density at radius 3 is 2.40 bits per heavy atom. The van der Waals surface area contributed by atoms with Gasteiger partial charge in [-0.25, -0.2) is 14.4 Å². The minimum Gasteiger partial charge on any atom is -0.444 e. The molecular weight excluding hydrogens is 620 g/mol. The summed E-state index contributed by atoms with van der Waals surface area (Å²) in [7, 11) is 1.38. The lowest BCUT2D eigenvalue weighted by Crippen LogP contribution is -2.58. The number of rotatable bonds is 3.